The van der Waals surface area contributed by atoms with Gasteiger partial charge in [0.05, 0.1) is 11.0 Å². The first kappa shape index (κ1) is 28.5. The number of hydrogen-bond donors (Lipinski definition) is 4. The van der Waals surface area contributed by atoms with Crippen molar-refractivity contribution in [3.8, 4) is 22.5 Å². The number of nitrogens with one attached hydrogen (secondary N) is 3. The number of unbranched alkanes of at least 4 members (excludes halogenated alkanes) is 1. The Hall–Kier alpha value is -4.57. The van der Waals surface area contributed by atoms with Crippen LogP contribution in [0, 0.1) is 0 Å². The van der Waals surface area contributed by atoms with Gasteiger partial charge in [0, 0.05) is 30.3 Å². The fraction of sp³-hybridized carbons (Fsp3) is 0.364. The summed E-state index contributed by atoms with van der Waals surface area (Å²) in [4.78, 5) is 17.4. The Balaban J connectivity index is 1.27. The summed E-state index contributed by atoms with van der Waals surface area (Å²) in [5, 5.41) is 21.4. The molecule has 1 aliphatic rings. The van der Waals surface area contributed by atoms with Gasteiger partial charge in [-0.25, -0.2) is 4.98 Å². The van der Waals surface area contributed by atoms with Crippen LogP contribution in [0.4, 0.5) is 5.69 Å². The van der Waals surface area contributed by atoms with Crippen molar-refractivity contribution in [1.29, 1.82) is 0 Å². The monoisotopic (exact) mass is 577 g/mol. The second-order valence-corrected chi connectivity index (χ2v) is 11.4. The highest BCUT2D eigenvalue weighted by Crippen LogP contribution is 2.30. The van der Waals surface area contributed by atoms with Gasteiger partial charge in [-0.15, -0.1) is 10.2 Å². The number of aryl methyl sites for hydroxylation is 1. The molecule has 0 radical (unpaired) electrons. The number of carbonyl (C=O) groups excluding carboxylic acids is 1. The lowest BCUT2D eigenvalue weighted by molar-refractivity contribution is -0.119. The molecule has 2 heterocycles. The van der Waals surface area contributed by atoms with Crippen molar-refractivity contribution < 1.29 is 4.79 Å². The highest BCUT2D eigenvalue weighted by atomic mass is 16.1. The molecular weight excluding hydrogens is 538 g/mol. The van der Waals surface area contributed by atoms with E-state index in [9.17, 15) is 4.79 Å². The number of amides is 1. The molecule has 1 aliphatic carbocycles. The molecule has 0 spiro atoms. The molecule has 10 nitrogen and oxygen atoms in total. The number of H-pyrrole nitrogens is 1. The lowest BCUT2D eigenvalue weighted by atomic mass is 9.95. The maximum absolute atomic E-state index is 12.4. The topological polar surface area (TPSA) is 139 Å². The van der Waals surface area contributed by atoms with Crippen molar-refractivity contribution in [3.63, 3.8) is 0 Å². The zero-order valence-electron chi connectivity index (χ0n) is 24.6. The highest BCUT2D eigenvalue weighted by molar-refractivity contribution is 5.85. The van der Waals surface area contributed by atoms with Crippen LogP contribution in [0.25, 0.3) is 33.5 Å². The molecule has 1 saturated carbocycles. The molecule has 222 valence electrons. The molecule has 5 aromatic rings. The van der Waals surface area contributed by atoms with E-state index in [1.807, 2.05) is 30.3 Å². The molecule has 0 bridgehead atoms. The van der Waals surface area contributed by atoms with Crippen molar-refractivity contribution in [2.75, 3.05) is 5.32 Å². The van der Waals surface area contributed by atoms with E-state index in [4.69, 9.17) is 10.7 Å². The lowest BCUT2D eigenvalue weighted by Crippen LogP contribution is -2.51. The van der Waals surface area contributed by atoms with E-state index in [2.05, 4.69) is 79.1 Å². The normalized spacial score (nSPS) is 14.6. The first-order valence-corrected chi connectivity index (χ1v) is 15.3. The third-order valence-corrected chi connectivity index (χ3v) is 8.30. The Morgan fingerprint density at radius 2 is 1.84 bits per heavy atom. The third kappa shape index (κ3) is 6.59. The molecule has 2 aromatic heterocycles. The number of rotatable bonds is 12. The second-order valence-electron chi connectivity index (χ2n) is 11.4. The van der Waals surface area contributed by atoms with Gasteiger partial charge in [-0.2, -0.15) is 5.21 Å². The Bertz CT molecular complexity index is 1650. The predicted molar refractivity (Wildman–Crippen MR) is 169 cm³/mol. The van der Waals surface area contributed by atoms with E-state index < -0.39 is 12.1 Å². The number of aromatic amines is 1. The average molecular weight is 578 g/mol. The molecule has 1 fully saturated rings. The number of fused-ring (bicyclic) bond motifs is 1. The number of carbonyl (C=O) groups is 1. The van der Waals surface area contributed by atoms with Crippen molar-refractivity contribution in [2.24, 2.45) is 5.73 Å². The summed E-state index contributed by atoms with van der Waals surface area (Å²) in [6, 6.07) is 23.1. The van der Waals surface area contributed by atoms with Gasteiger partial charge in [-0.3, -0.25) is 10.1 Å². The van der Waals surface area contributed by atoms with Gasteiger partial charge in [0.25, 0.3) is 5.91 Å². The molecule has 43 heavy (non-hydrogen) atoms. The largest absolute Gasteiger partial charge is 0.367 e. The van der Waals surface area contributed by atoms with Gasteiger partial charge in [0.1, 0.15) is 5.82 Å². The van der Waals surface area contributed by atoms with Gasteiger partial charge in [-0.05, 0) is 59.4 Å². The highest BCUT2D eigenvalue weighted by Gasteiger charge is 2.22. The fourth-order valence-corrected chi connectivity index (χ4v) is 6.01. The minimum absolute atomic E-state index is 0.302. The van der Waals surface area contributed by atoms with E-state index in [0.29, 0.717) is 18.4 Å². The number of imidazole rings is 1. The minimum Gasteiger partial charge on any atom is -0.367 e. The second kappa shape index (κ2) is 13.2. The summed E-state index contributed by atoms with van der Waals surface area (Å²) in [6.07, 6.45) is 8.19. The molecule has 0 saturated heterocycles. The Morgan fingerprint density at radius 3 is 2.56 bits per heavy atom. The molecule has 1 unspecified atom stereocenters. The van der Waals surface area contributed by atoms with Crippen LogP contribution in [0.15, 0.2) is 66.7 Å². The number of tetrazole rings is 1. The van der Waals surface area contributed by atoms with Gasteiger partial charge in [0.2, 0.25) is 5.82 Å². The van der Waals surface area contributed by atoms with Crippen LogP contribution in [0.1, 0.15) is 63.3 Å². The third-order valence-electron chi connectivity index (χ3n) is 8.30. The molecule has 3 aromatic carbocycles. The molecule has 5 N–H and O–H groups in total. The number of nitrogens with two attached hydrogens (primary N) is 1. The van der Waals surface area contributed by atoms with Crippen molar-refractivity contribution in [2.45, 2.75) is 77.0 Å². The maximum atomic E-state index is 12.4. The van der Waals surface area contributed by atoms with Crippen molar-refractivity contribution >= 4 is 22.6 Å². The number of primary amides is 1. The number of nitrogens with zero attached hydrogens (tertiary/aromatic N) is 5. The van der Waals surface area contributed by atoms with Crippen molar-refractivity contribution in [1.82, 2.24) is 35.5 Å². The van der Waals surface area contributed by atoms with Gasteiger partial charge < -0.3 is 15.6 Å². The number of hydrogen-bond acceptors (Lipinski definition) is 7. The first-order chi connectivity index (χ1) is 21.1. The maximum Gasteiger partial charge on any atom is 0.254 e. The Labute approximate surface area is 251 Å². The van der Waals surface area contributed by atoms with Crippen LogP contribution >= 0.6 is 0 Å². The molecule has 6 rings (SSSR count). The number of benzene rings is 3. The Kier molecular flexibility index (Phi) is 8.74. The zero-order valence-corrected chi connectivity index (χ0v) is 24.6. The number of anilines is 1. The van der Waals surface area contributed by atoms with E-state index >= 15 is 0 Å². The smallest absolute Gasteiger partial charge is 0.254 e. The van der Waals surface area contributed by atoms with E-state index in [-0.39, 0.29) is 0 Å². The molecule has 10 heteroatoms. The van der Waals surface area contributed by atoms with Crippen LogP contribution in [0.3, 0.4) is 0 Å². The molecule has 0 aliphatic heterocycles. The van der Waals surface area contributed by atoms with Crippen LogP contribution in [0.2, 0.25) is 0 Å². The first-order valence-electron chi connectivity index (χ1n) is 15.3. The zero-order chi connectivity index (χ0) is 29.6. The summed E-state index contributed by atoms with van der Waals surface area (Å²) in [5.74, 6) is 1.23. The van der Waals surface area contributed by atoms with Crippen LogP contribution in [0.5, 0.6) is 0 Å². The standard InChI is InChI=1S/C33H39N9O/c1-2-3-13-30-37-28-19-18-25(36-33(31(34)43)35-24-9-5-4-6-10-24)20-29(28)42(30)21-22-14-16-23(17-15-22)26-11-7-8-12-27(26)32-38-40-41-39-32/h7-8,11-12,14-20,24,33,35-36H,2-6,9-10,13,21H2,1H3,(H2,34,43)(H,38,39,40,41). The van der Waals surface area contributed by atoms with Gasteiger partial charge in [-0.1, -0.05) is 81.1 Å². The lowest BCUT2D eigenvalue weighted by Gasteiger charge is -2.28. The summed E-state index contributed by atoms with van der Waals surface area (Å²) in [5.41, 5.74) is 12.9. The summed E-state index contributed by atoms with van der Waals surface area (Å²) < 4.78 is 2.30. The average Bonchev–Trinajstić information content (AvgIpc) is 3.69. The SMILES string of the molecule is CCCCc1nc2ccc(NC(NC3CCCCC3)C(N)=O)cc2n1Cc1ccc(-c2ccccc2-c2nn[nH]n2)cc1. The van der Waals surface area contributed by atoms with Crippen molar-refractivity contribution in [3.05, 3.63) is 78.1 Å². The van der Waals surface area contributed by atoms with E-state index in [0.717, 1.165) is 71.3 Å². The number of aromatic nitrogens is 6. The van der Waals surface area contributed by atoms with Crippen LogP contribution < -0.4 is 16.4 Å². The summed E-state index contributed by atoms with van der Waals surface area (Å²) in [7, 11) is 0. The Morgan fingerprint density at radius 1 is 1.05 bits per heavy atom. The minimum atomic E-state index is -0.626. The molecule has 1 amide bonds. The quantitative estimate of drug-likeness (QED) is 0.145. The summed E-state index contributed by atoms with van der Waals surface area (Å²) in [6.45, 7) is 2.88. The summed E-state index contributed by atoms with van der Waals surface area (Å²) >= 11 is 0. The van der Waals surface area contributed by atoms with E-state index in [1.165, 1.54) is 24.8 Å². The molecular formula is C33H39N9O. The van der Waals surface area contributed by atoms with Gasteiger partial charge in [0.15, 0.2) is 6.17 Å². The molecule has 1 atom stereocenters. The predicted octanol–water partition coefficient (Wildman–Crippen LogP) is 5.42. The van der Waals surface area contributed by atoms with Crippen LogP contribution in [-0.4, -0.2) is 48.3 Å². The van der Waals surface area contributed by atoms with Gasteiger partial charge >= 0.3 is 0 Å². The van der Waals surface area contributed by atoms with E-state index in [1.54, 1.807) is 0 Å². The van der Waals surface area contributed by atoms with Crippen LogP contribution in [-0.2, 0) is 17.8 Å². The fourth-order valence-electron chi connectivity index (χ4n) is 6.01.